The summed E-state index contributed by atoms with van der Waals surface area (Å²) in [5.41, 5.74) is 1.13. The summed E-state index contributed by atoms with van der Waals surface area (Å²) in [4.78, 5) is 0. The Morgan fingerprint density at radius 1 is 0.862 bits per heavy atom. The average molecular weight is 403 g/mol. The number of fused-ring (bicyclic) bond motifs is 5. The molecule has 0 aromatic heterocycles. The lowest BCUT2D eigenvalue weighted by Crippen LogP contribution is -2.56. The van der Waals surface area contributed by atoms with Gasteiger partial charge < -0.3 is 5.11 Å². The minimum Gasteiger partial charge on any atom is -0.393 e. The van der Waals surface area contributed by atoms with Crippen LogP contribution in [0.15, 0.2) is 0 Å². The predicted molar refractivity (Wildman–Crippen MR) is 124 cm³/mol. The molecule has 0 spiro atoms. The summed E-state index contributed by atoms with van der Waals surface area (Å²) in [6.45, 7) is 12.6. The number of hydrogen-bond donors (Lipinski definition) is 1. The van der Waals surface area contributed by atoms with E-state index in [1.54, 1.807) is 0 Å². The smallest absolute Gasteiger partial charge is 0.0599 e. The molecule has 29 heavy (non-hydrogen) atoms. The summed E-state index contributed by atoms with van der Waals surface area (Å²) in [5, 5.41) is 11.4. The van der Waals surface area contributed by atoms with Crippen molar-refractivity contribution in [3.63, 3.8) is 0 Å². The fraction of sp³-hybridized carbons (Fsp3) is 1.00. The Hall–Kier alpha value is -0.0400. The molecule has 4 unspecified atom stereocenters. The second-order valence-electron chi connectivity index (χ2n) is 12.8. The van der Waals surface area contributed by atoms with Gasteiger partial charge in [0.1, 0.15) is 0 Å². The summed E-state index contributed by atoms with van der Waals surface area (Å²) in [7, 11) is 0. The van der Waals surface area contributed by atoms with Crippen LogP contribution in [0.1, 0.15) is 125 Å². The Morgan fingerprint density at radius 3 is 2.38 bits per heavy atom. The highest BCUT2D eigenvalue weighted by Gasteiger charge is 2.64. The minimum atomic E-state index is -0.0895. The van der Waals surface area contributed by atoms with Crippen LogP contribution in [-0.4, -0.2) is 11.2 Å². The standard InChI is InChI=1S/C28H50O/c1-6-7-8-9-10-25(29)28(5)18-15-24-22-12-11-21-19-20(2)13-16-26(21,3)23(22)14-17-27(24,28)4/h20-25,29H,6-19H2,1-5H3/t20-,21?,22?,23?,24?,25-,26-,27-,28+/m0/s1. The highest BCUT2D eigenvalue weighted by atomic mass is 16.3. The predicted octanol–water partition coefficient (Wildman–Crippen LogP) is 8.00. The SMILES string of the molecule is CCCCCC[C@H](O)[C@@]1(C)CCC2C3CCC4C[C@@H](C)CC[C@]4(C)C3CC[C@@]21C. The second kappa shape index (κ2) is 8.14. The van der Waals surface area contributed by atoms with Gasteiger partial charge in [-0.25, -0.2) is 0 Å². The molecule has 0 bridgehead atoms. The van der Waals surface area contributed by atoms with E-state index in [4.69, 9.17) is 0 Å². The first-order valence-electron chi connectivity index (χ1n) is 13.4. The van der Waals surface area contributed by atoms with Crippen molar-refractivity contribution in [1.29, 1.82) is 0 Å². The number of hydrogen-bond acceptors (Lipinski definition) is 1. The first-order chi connectivity index (χ1) is 13.8. The van der Waals surface area contributed by atoms with Crippen LogP contribution in [0.25, 0.3) is 0 Å². The first kappa shape index (κ1) is 22.2. The van der Waals surface area contributed by atoms with Crippen molar-refractivity contribution in [2.75, 3.05) is 0 Å². The fourth-order valence-electron chi connectivity index (χ4n) is 9.41. The third-order valence-corrected chi connectivity index (χ3v) is 11.7. The van der Waals surface area contributed by atoms with Crippen molar-refractivity contribution >= 4 is 0 Å². The summed E-state index contributed by atoms with van der Waals surface area (Å²) in [6, 6.07) is 0. The van der Waals surface area contributed by atoms with Gasteiger partial charge in [-0.3, -0.25) is 0 Å². The number of rotatable bonds is 6. The van der Waals surface area contributed by atoms with Gasteiger partial charge in [-0.05, 0) is 104 Å². The zero-order valence-corrected chi connectivity index (χ0v) is 20.3. The zero-order chi connectivity index (χ0) is 20.9. The van der Waals surface area contributed by atoms with Crippen LogP contribution in [0.5, 0.6) is 0 Å². The molecule has 1 heteroatoms. The number of unbranched alkanes of at least 4 members (excludes halogenated alkanes) is 3. The Labute approximate surface area is 181 Å². The lowest BCUT2D eigenvalue weighted by molar-refractivity contribution is -0.147. The fourth-order valence-corrected chi connectivity index (χ4v) is 9.41. The van der Waals surface area contributed by atoms with Crippen LogP contribution >= 0.6 is 0 Å². The molecule has 168 valence electrons. The zero-order valence-electron chi connectivity index (χ0n) is 20.3. The van der Waals surface area contributed by atoms with Crippen molar-refractivity contribution in [3.8, 4) is 0 Å². The van der Waals surface area contributed by atoms with Crippen LogP contribution < -0.4 is 0 Å². The largest absolute Gasteiger partial charge is 0.393 e. The lowest BCUT2D eigenvalue weighted by atomic mass is 9.43. The highest BCUT2D eigenvalue weighted by Crippen LogP contribution is 2.71. The molecule has 4 fully saturated rings. The molecule has 0 saturated heterocycles. The molecule has 0 heterocycles. The van der Waals surface area contributed by atoms with Gasteiger partial charge >= 0.3 is 0 Å². The normalized spacial score (nSPS) is 50.5. The lowest BCUT2D eigenvalue weighted by Gasteiger charge is -2.62. The third-order valence-electron chi connectivity index (χ3n) is 11.7. The minimum absolute atomic E-state index is 0.0895. The van der Waals surface area contributed by atoms with E-state index in [0.29, 0.717) is 10.8 Å². The van der Waals surface area contributed by atoms with E-state index >= 15 is 0 Å². The Kier molecular flexibility index (Phi) is 6.22. The summed E-state index contributed by atoms with van der Waals surface area (Å²) < 4.78 is 0. The molecule has 4 aliphatic carbocycles. The van der Waals surface area contributed by atoms with E-state index < -0.39 is 0 Å². The van der Waals surface area contributed by atoms with Crippen molar-refractivity contribution in [1.82, 2.24) is 0 Å². The van der Waals surface area contributed by atoms with Gasteiger partial charge in [-0.1, -0.05) is 66.7 Å². The Balaban J connectivity index is 1.50. The molecular formula is C28H50O. The molecule has 0 radical (unpaired) electrons. The molecule has 1 N–H and O–H groups in total. The molecule has 0 aromatic carbocycles. The third kappa shape index (κ3) is 3.44. The number of aliphatic hydroxyl groups is 1. The van der Waals surface area contributed by atoms with Crippen LogP contribution in [0.2, 0.25) is 0 Å². The van der Waals surface area contributed by atoms with Gasteiger partial charge in [0.15, 0.2) is 0 Å². The van der Waals surface area contributed by atoms with E-state index in [-0.39, 0.29) is 11.5 Å². The van der Waals surface area contributed by atoms with E-state index in [9.17, 15) is 5.11 Å². The van der Waals surface area contributed by atoms with E-state index in [1.165, 1.54) is 83.5 Å². The maximum atomic E-state index is 11.4. The molecule has 4 saturated carbocycles. The van der Waals surface area contributed by atoms with Crippen molar-refractivity contribution < 1.29 is 5.11 Å². The molecule has 0 amide bonds. The second-order valence-corrected chi connectivity index (χ2v) is 12.8. The van der Waals surface area contributed by atoms with Gasteiger partial charge in [0.2, 0.25) is 0 Å². The van der Waals surface area contributed by atoms with E-state index in [1.807, 2.05) is 0 Å². The quantitative estimate of drug-likeness (QED) is 0.446. The molecule has 9 atom stereocenters. The van der Waals surface area contributed by atoms with Gasteiger partial charge in [-0.2, -0.15) is 0 Å². The highest BCUT2D eigenvalue weighted by molar-refractivity contribution is 5.13. The molecule has 4 aliphatic rings. The monoisotopic (exact) mass is 402 g/mol. The van der Waals surface area contributed by atoms with Gasteiger partial charge in [0.25, 0.3) is 0 Å². The van der Waals surface area contributed by atoms with Gasteiger partial charge in [-0.15, -0.1) is 0 Å². The molecular weight excluding hydrogens is 352 g/mol. The summed E-state index contributed by atoms with van der Waals surface area (Å²) >= 11 is 0. The van der Waals surface area contributed by atoms with Crippen LogP contribution in [-0.2, 0) is 0 Å². The van der Waals surface area contributed by atoms with Crippen molar-refractivity contribution in [2.45, 2.75) is 131 Å². The maximum absolute atomic E-state index is 11.4. The summed E-state index contributed by atoms with van der Waals surface area (Å²) in [5.74, 6) is 4.73. The van der Waals surface area contributed by atoms with E-state index in [2.05, 4.69) is 34.6 Å². The summed E-state index contributed by atoms with van der Waals surface area (Å²) in [6.07, 6.45) is 19.0. The van der Waals surface area contributed by atoms with Crippen LogP contribution in [0, 0.1) is 45.8 Å². The van der Waals surface area contributed by atoms with Crippen molar-refractivity contribution in [3.05, 3.63) is 0 Å². The molecule has 4 rings (SSSR count). The molecule has 1 nitrogen and oxygen atoms in total. The van der Waals surface area contributed by atoms with Crippen molar-refractivity contribution in [2.24, 2.45) is 45.8 Å². The van der Waals surface area contributed by atoms with Crippen LogP contribution in [0.4, 0.5) is 0 Å². The van der Waals surface area contributed by atoms with E-state index in [0.717, 1.165) is 36.0 Å². The Morgan fingerprint density at radius 2 is 1.62 bits per heavy atom. The first-order valence-corrected chi connectivity index (χ1v) is 13.4. The van der Waals surface area contributed by atoms with Gasteiger partial charge in [0.05, 0.1) is 6.10 Å². The molecule has 0 aromatic rings. The van der Waals surface area contributed by atoms with Gasteiger partial charge in [0, 0.05) is 0 Å². The average Bonchev–Trinajstić information content (AvgIpc) is 2.98. The molecule has 0 aliphatic heterocycles. The van der Waals surface area contributed by atoms with Crippen LogP contribution in [0.3, 0.4) is 0 Å². The topological polar surface area (TPSA) is 20.2 Å². The number of aliphatic hydroxyl groups excluding tert-OH is 1. The Bertz CT molecular complexity index is 571. The maximum Gasteiger partial charge on any atom is 0.0599 e.